The van der Waals surface area contributed by atoms with Crippen LogP contribution in [-0.2, 0) is 31.5 Å². The summed E-state index contributed by atoms with van der Waals surface area (Å²) in [6, 6.07) is 21.6. The molecule has 4 heterocycles. The van der Waals surface area contributed by atoms with Gasteiger partial charge in [0.05, 0.1) is 43.5 Å². The summed E-state index contributed by atoms with van der Waals surface area (Å²) in [4.78, 5) is 39.1. The molecule has 320 valence electrons. The fourth-order valence-electron chi connectivity index (χ4n) is 7.83. The number of nitrogens with one attached hydrogen (secondary N) is 2. The van der Waals surface area contributed by atoms with Gasteiger partial charge in [-0.3, -0.25) is 9.59 Å². The van der Waals surface area contributed by atoms with Gasteiger partial charge in [0.15, 0.2) is 8.32 Å². The molecule has 0 aliphatic carbocycles. The number of carbonyl (C=O) groups is 1. The predicted octanol–water partition coefficient (Wildman–Crippen LogP) is 6.30. The summed E-state index contributed by atoms with van der Waals surface area (Å²) in [6.45, 7) is 19.3. The van der Waals surface area contributed by atoms with Gasteiger partial charge in [-0.15, -0.1) is 0 Å². The zero-order valence-electron chi connectivity index (χ0n) is 36.1. The number of rotatable bonds is 18. The number of ether oxygens (including phenoxy) is 2. The molecule has 0 radical (unpaired) electrons. The Balaban J connectivity index is 0.885. The quantitative estimate of drug-likeness (QED) is 0.0776. The van der Waals surface area contributed by atoms with Gasteiger partial charge in [0.1, 0.15) is 11.6 Å². The molecular weight excluding hydrogens is 761 g/mol. The standard InChI is InChI=1S/C46H66N6O6Si/c1-45(2,3)59(5,6)58-40(37-13-15-39(53)44-38(37)14-16-42(54)49-44)33-47-23-27-50(4)43(55)19-30-56-29-18-36-11-9-10-35(32-36)17-24-51-25-20-46(21-26-51)34-52(28-31-57-46)41-12-7-8-22-48-41/h7-16,22,32,40,47,53H,17-21,23-31,33-34H2,1-6H3,(H,49,54)/t40-/m0/s1. The third-order valence-electron chi connectivity index (χ3n) is 12.6. The van der Waals surface area contributed by atoms with E-state index in [4.69, 9.17) is 13.9 Å². The van der Waals surface area contributed by atoms with Crippen LogP contribution in [0, 0.1) is 0 Å². The monoisotopic (exact) mass is 826 g/mol. The molecule has 4 aromatic rings. The number of H-pyrrole nitrogens is 1. The van der Waals surface area contributed by atoms with Crippen LogP contribution in [0.4, 0.5) is 5.82 Å². The molecule has 1 amide bonds. The number of aromatic hydroxyl groups is 1. The summed E-state index contributed by atoms with van der Waals surface area (Å²) in [6.07, 6.45) is 5.79. The van der Waals surface area contributed by atoms with E-state index in [2.05, 4.69) is 95.3 Å². The van der Waals surface area contributed by atoms with Crippen molar-refractivity contribution in [2.24, 2.45) is 0 Å². The lowest BCUT2D eigenvalue weighted by atomic mass is 9.89. The first-order chi connectivity index (χ1) is 28.2. The van der Waals surface area contributed by atoms with Gasteiger partial charge in [0, 0.05) is 77.1 Å². The molecule has 2 aromatic heterocycles. The molecular formula is C46H66N6O6Si. The van der Waals surface area contributed by atoms with Gasteiger partial charge in [-0.25, -0.2) is 4.98 Å². The second-order valence-electron chi connectivity index (χ2n) is 17.8. The molecule has 0 unspecified atom stereocenters. The molecule has 2 aliphatic rings. The van der Waals surface area contributed by atoms with Gasteiger partial charge >= 0.3 is 0 Å². The second-order valence-corrected chi connectivity index (χ2v) is 22.6. The first-order valence-electron chi connectivity index (χ1n) is 21.4. The Hall–Kier alpha value is -4.11. The number of hydrogen-bond donors (Lipinski definition) is 3. The number of aromatic nitrogens is 2. The predicted molar refractivity (Wildman–Crippen MR) is 238 cm³/mol. The number of aromatic amines is 1. The van der Waals surface area contributed by atoms with E-state index in [1.807, 2.05) is 25.4 Å². The first kappa shape index (κ1) is 44.4. The number of piperidine rings is 1. The van der Waals surface area contributed by atoms with Crippen LogP contribution in [0.2, 0.25) is 18.1 Å². The van der Waals surface area contributed by atoms with Gasteiger partial charge < -0.3 is 44.0 Å². The maximum Gasteiger partial charge on any atom is 0.248 e. The number of nitrogens with zero attached hydrogens (tertiary/aromatic N) is 4. The van der Waals surface area contributed by atoms with Crippen LogP contribution in [0.1, 0.15) is 62.8 Å². The number of benzene rings is 2. The number of pyridine rings is 2. The van der Waals surface area contributed by atoms with Crippen molar-refractivity contribution in [1.82, 2.24) is 25.1 Å². The highest BCUT2D eigenvalue weighted by Gasteiger charge is 2.41. The van der Waals surface area contributed by atoms with Crippen molar-refractivity contribution in [2.45, 2.75) is 82.7 Å². The molecule has 2 aromatic carbocycles. The Morgan fingerprint density at radius 3 is 2.56 bits per heavy atom. The van der Waals surface area contributed by atoms with Crippen LogP contribution in [0.3, 0.4) is 0 Å². The summed E-state index contributed by atoms with van der Waals surface area (Å²) in [5.41, 5.74) is 3.55. The maximum atomic E-state index is 13.0. The van der Waals surface area contributed by atoms with Crippen molar-refractivity contribution in [3.8, 4) is 5.75 Å². The van der Waals surface area contributed by atoms with Gasteiger partial charge in [0.2, 0.25) is 11.5 Å². The Labute approximate surface area is 351 Å². The summed E-state index contributed by atoms with van der Waals surface area (Å²) < 4.78 is 19.2. The van der Waals surface area contributed by atoms with E-state index in [0.717, 1.165) is 81.8 Å². The SMILES string of the molecule is CN(CCNC[C@H](O[Si](C)(C)C(C)(C)C)c1ccc(O)c2[nH]c(=O)ccc12)C(=O)CCOCCc1cccc(CCN2CCC3(CC2)CN(c2ccccn2)CCO3)c1. The lowest BCUT2D eigenvalue weighted by molar-refractivity contribution is -0.131. The summed E-state index contributed by atoms with van der Waals surface area (Å²) in [7, 11) is -0.371. The van der Waals surface area contributed by atoms with Gasteiger partial charge in [-0.2, -0.15) is 0 Å². The van der Waals surface area contributed by atoms with Crippen molar-refractivity contribution in [1.29, 1.82) is 0 Å². The van der Waals surface area contributed by atoms with Crippen LogP contribution in [-0.4, -0.2) is 124 Å². The average Bonchev–Trinajstić information content (AvgIpc) is 3.22. The first-order valence-corrected chi connectivity index (χ1v) is 24.3. The Bertz CT molecular complexity index is 2030. The van der Waals surface area contributed by atoms with Crippen molar-refractivity contribution in [2.75, 3.05) is 84.1 Å². The minimum absolute atomic E-state index is 0.0141. The lowest BCUT2D eigenvalue weighted by Gasteiger charge is -2.47. The Kier molecular flexibility index (Phi) is 15.0. The van der Waals surface area contributed by atoms with Crippen molar-refractivity contribution >= 4 is 30.9 Å². The average molecular weight is 827 g/mol. The largest absolute Gasteiger partial charge is 0.506 e. The minimum atomic E-state index is -2.20. The third kappa shape index (κ3) is 12.0. The minimum Gasteiger partial charge on any atom is -0.506 e. The van der Waals surface area contributed by atoms with Crippen molar-refractivity contribution < 1.29 is 23.8 Å². The van der Waals surface area contributed by atoms with Crippen LogP contribution in [0.5, 0.6) is 5.75 Å². The molecule has 59 heavy (non-hydrogen) atoms. The third-order valence-corrected chi connectivity index (χ3v) is 17.1. The topological polar surface area (TPSA) is 132 Å². The zero-order chi connectivity index (χ0) is 42.0. The van der Waals surface area contributed by atoms with Crippen LogP contribution in [0.25, 0.3) is 10.9 Å². The van der Waals surface area contributed by atoms with E-state index in [1.165, 1.54) is 17.2 Å². The molecule has 6 rings (SSSR count). The number of likely N-dealkylation sites (tertiary alicyclic amines) is 1. The fraction of sp³-hybridized carbons (Fsp3) is 0.543. The number of likely N-dealkylation sites (N-methyl/N-ethyl adjacent to an activating group) is 1. The molecule has 0 saturated carbocycles. The fourth-order valence-corrected chi connectivity index (χ4v) is 9.11. The van der Waals surface area contributed by atoms with E-state index in [1.54, 1.807) is 17.0 Å². The molecule has 2 saturated heterocycles. The summed E-state index contributed by atoms with van der Waals surface area (Å²) >= 11 is 0. The zero-order valence-corrected chi connectivity index (χ0v) is 37.1. The number of fused-ring (bicyclic) bond motifs is 1. The number of morpholine rings is 1. The molecule has 1 spiro atoms. The Morgan fingerprint density at radius 2 is 1.81 bits per heavy atom. The van der Waals surface area contributed by atoms with E-state index < -0.39 is 8.32 Å². The normalized spacial score (nSPS) is 16.7. The molecule has 3 N–H and O–H groups in total. The van der Waals surface area contributed by atoms with Gasteiger partial charge in [-0.1, -0.05) is 57.2 Å². The Morgan fingerprint density at radius 1 is 1.03 bits per heavy atom. The second kappa shape index (κ2) is 20.0. The number of phenols is 1. The molecule has 2 aliphatic heterocycles. The van der Waals surface area contributed by atoms with Crippen LogP contribution in [0.15, 0.2) is 77.7 Å². The molecule has 0 bridgehead atoms. The molecule has 13 heteroatoms. The smallest absolute Gasteiger partial charge is 0.248 e. The highest BCUT2D eigenvalue weighted by atomic mass is 28.4. The highest BCUT2D eigenvalue weighted by Crippen LogP contribution is 2.41. The lowest BCUT2D eigenvalue weighted by Crippen LogP contribution is -2.57. The van der Waals surface area contributed by atoms with E-state index in [0.29, 0.717) is 44.8 Å². The van der Waals surface area contributed by atoms with Crippen LogP contribution >= 0.6 is 0 Å². The number of anilines is 1. The molecule has 1 atom stereocenters. The van der Waals surface area contributed by atoms with Crippen LogP contribution < -0.4 is 15.8 Å². The number of amides is 1. The number of carbonyl (C=O) groups excluding carboxylic acids is 1. The highest BCUT2D eigenvalue weighted by molar-refractivity contribution is 6.74. The maximum absolute atomic E-state index is 13.0. The molecule has 12 nitrogen and oxygen atoms in total. The van der Waals surface area contributed by atoms with Gasteiger partial charge in [-0.05, 0) is 84.8 Å². The van der Waals surface area contributed by atoms with E-state index in [9.17, 15) is 14.7 Å². The summed E-state index contributed by atoms with van der Waals surface area (Å²) in [5, 5.41) is 14.7. The van der Waals surface area contributed by atoms with E-state index >= 15 is 0 Å². The van der Waals surface area contributed by atoms with Crippen molar-refractivity contribution in [3.05, 3.63) is 100.0 Å². The molecule has 2 fully saturated rings. The van der Waals surface area contributed by atoms with Gasteiger partial charge in [0.25, 0.3) is 0 Å². The number of phenolic OH excluding ortho intramolecular Hbond substituents is 1. The van der Waals surface area contributed by atoms with Crippen molar-refractivity contribution in [3.63, 3.8) is 0 Å². The summed E-state index contributed by atoms with van der Waals surface area (Å²) in [5.74, 6) is 1.11. The number of hydrogen-bond acceptors (Lipinski definition) is 10. The van der Waals surface area contributed by atoms with E-state index in [-0.39, 0.29) is 34.0 Å².